The molecule has 0 N–H and O–H groups in total. The van der Waals surface area contributed by atoms with Gasteiger partial charge in [-0.15, -0.1) is 0 Å². The lowest BCUT2D eigenvalue weighted by Crippen LogP contribution is -2.61. The van der Waals surface area contributed by atoms with Crippen LogP contribution in [0.2, 0.25) is 0 Å². The maximum Gasteiger partial charge on any atom is 0.471 e. The van der Waals surface area contributed by atoms with Crippen LogP contribution in [0.25, 0.3) is 0 Å². The van der Waals surface area contributed by atoms with Gasteiger partial charge in [0.15, 0.2) is 5.54 Å². The number of carbonyl (C=O) groups excluding carboxylic acids is 2. The number of nitrogens with zero attached hydrogens (tertiary/aromatic N) is 1. The second-order valence-corrected chi connectivity index (χ2v) is 6.85. The Hall–Kier alpha value is -1.83. The number of carbonyl (C=O) groups is 2. The number of rotatable bonds is 2. The number of benzene rings is 1. The maximum atomic E-state index is 13.3. The molecule has 3 atom stereocenters. The van der Waals surface area contributed by atoms with Crippen LogP contribution in [0.5, 0.6) is 0 Å². The van der Waals surface area contributed by atoms with Crippen molar-refractivity contribution in [3.8, 4) is 0 Å². The quantitative estimate of drug-likeness (QED) is 0.537. The first-order valence-corrected chi connectivity index (χ1v) is 8.26. The molecule has 25 heavy (non-hydrogen) atoms. The molecule has 4 nitrogen and oxygen atoms in total. The van der Waals surface area contributed by atoms with E-state index in [1.165, 1.54) is 13.0 Å². The first-order valence-electron chi connectivity index (χ1n) is 7.46. The van der Waals surface area contributed by atoms with Crippen LogP contribution in [-0.4, -0.2) is 35.6 Å². The van der Waals surface area contributed by atoms with Crippen molar-refractivity contribution in [2.45, 2.75) is 31.6 Å². The average Bonchev–Trinajstić information content (AvgIpc) is 2.55. The van der Waals surface area contributed by atoms with Crippen molar-refractivity contribution >= 4 is 27.8 Å². The van der Waals surface area contributed by atoms with Gasteiger partial charge in [-0.05, 0) is 24.5 Å². The molecule has 0 aromatic heterocycles. The number of methoxy groups -OCH3 is 1. The zero-order chi connectivity index (χ0) is 19.0. The molecule has 1 heterocycles. The van der Waals surface area contributed by atoms with E-state index >= 15 is 0 Å². The summed E-state index contributed by atoms with van der Waals surface area (Å²) in [4.78, 5) is 25.1. The molecule has 1 aliphatic rings. The van der Waals surface area contributed by atoms with Crippen LogP contribution >= 0.6 is 15.9 Å². The van der Waals surface area contributed by atoms with Crippen molar-refractivity contribution in [3.05, 3.63) is 46.5 Å². The minimum Gasteiger partial charge on any atom is -0.467 e. The summed E-state index contributed by atoms with van der Waals surface area (Å²) in [7, 11) is 1.07. The summed E-state index contributed by atoms with van der Waals surface area (Å²) in [6.45, 7) is 2.93. The monoisotopic (exact) mass is 419 g/mol. The van der Waals surface area contributed by atoms with E-state index in [4.69, 9.17) is 0 Å². The molecule has 1 aliphatic heterocycles. The lowest BCUT2D eigenvalue weighted by atomic mass is 9.82. The van der Waals surface area contributed by atoms with E-state index < -0.39 is 35.6 Å². The number of hydrogen-bond acceptors (Lipinski definition) is 3. The first-order chi connectivity index (χ1) is 11.5. The van der Waals surface area contributed by atoms with E-state index in [0.29, 0.717) is 14.9 Å². The largest absolute Gasteiger partial charge is 0.471 e. The Bertz CT molecular complexity index is 719. The van der Waals surface area contributed by atoms with Crippen molar-refractivity contribution in [1.82, 2.24) is 4.90 Å². The summed E-state index contributed by atoms with van der Waals surface area (Å²) in [6.07, 6.45) is -2.21. The fourth-order valence-electron chi connectivity index (χ4n) is 3.03. The van der Waals surface area contributed by atoms with Crippen LogP contribution in [0.15, 0.2) is 40.9 Å². The van der Waals surface area contributed by atoms with Gasteiger partial charge < -0.3 is 9.64 Å². The smallest absolute Gasteiger partial charge is 0.467 e. The molecule has 0 radical (unpaired) electrons. The third-order valence-corrected chi connectivity index (χ3v) is 5.01. The Balaban J connectivity index is 2.71. The van der Waals surface area contributed by atoms with E-state index in [-0.39, 0.29) is 0 Å². The highest BCUT2D eigenvalue weighted by atomic mass is 79.9. The van der Waals surface area contributed by atoms with E-state index in [1.54, 1.807) is 37.3 Å². The van der Waals surface area contributed by atoms with Crippen molar-refractivity contribution < 1.29 is 27.5 Å². The molecule has 0 saturated carbocycles. The number of halogens is 4. The summed E-state index contributed by atoms with van der Waals surface area (Å²) >= 11 is 3.32. The predicted molar refractivity (Wildman–Crippen MR) is 88.5 cm³/mol. The standard InChI is InChI=1S/C17H17BrF3NO3/c1-10-8-9-16(2,15(24)25-3)22(14(23)17(19,20)21)13(10)11-6-4-5-7-12(11)18/h4-10,13H,1-3H3. The average molecular weight is 420 g/mol. The molecular formula is C17H17BrF3NO3. The Labute approximate surface area is 151 Å². The summed E-state index contributed by atoms with van der Waals surface area (Å²) in [6, 6.07) is 5.69. The Morgan fingerprint density at radius 2 is 1.88 bits per heavy atom. The van der Waals surface area contributed by atoms with Gasteiger partial charge in [-0.25, -0.2) is 4.79 Å². The molecule has 1 aromatic carbocycles. The SMILES string of the molecule is COC(=O)C1(C)C=CC(C)C(c2ccccc2Br)N1C(=O)C(F)(F)F. The second-order valence-electron chi connectivity index (χ2n) is 6.00. The molecule has 0 fully saturated rings. The van der Waals surface area contributed by atoms with Gasteiger partial charge in [0.25, 0.3) is 0 Å². The Kier molecular flexibility index (Phi) is 5.32. The topological polar surface area (TPSA) is 46.6 Å². The molecule has 8 heteroatoms. The van der Waals surface area contributed by atoms with Gasteiger partial charge in [-0.1, -0.05) is 53.2 Å². The summed E-state index contributed by atoms with van der Waals surface area (Å²) < 4.78 is 45.1. The second kappa shape index (κ2) is 6.82. The molecule has 3 unspecified atom stereocenters. The highest BCUT2D eigenvalue weighted by Crippen LogP contribution is 2.44. The van der Waals surface area contributed by atoms with Crippen LogP contribution in [-0.2, 0) is 14.3 Å². The van der Waals surface area contributed by atoms with Gasteiger partial charge >= 0.3 is 18.1 Å². The van der Waals surface area contributed by atoms with Crippen LogP contribution in [0.1, 0.15) is 25.5 Å². The minimum atomic E-state index is -5.13. The van der Waals surface area contributed by atoms with Gasteiger partial charge in [-0.3, -0.25) is 4.79 Å². The van der Waals surface area contributed by atoms with Crippen molar-refractivity contribution in [2.24, 2.45) is 5.92 Å². The number of esters is 1. The molecule has 2 rings (SSSR count). The molecule has 0 aliphatic carbocycles. The van der Waals surface area contributed by atoms with Gasteiger partial charge in [0, 0.05) is 4.47 Å². The highest BCUT2D eigenvalue weighted by Gasteiger charge is 2.56. The Morgan fingerprint density at radius 1 is 1.28 bits per heavy atom. The molecule has 0 saturated heterocycles. The Morgan fingerprint density at radius 3 is 2.40 bits per heavy atom. The zero-order valence-electron chi connectivity index (χ0n) is 13.8. The van der Waals surface area contributed by atoms with E-state index in [2.05, 4.69) is 20.7 Å². The molecule has 0 spiro atoms. The highest BCUT2D eigenvalue weighted by molar-refractivity contribution is 9.10. The van der Waals surface area contributed by atoms with Gasteiger partial charge in [-0.2, -0.15) is 13.2 Å². The molecule has 1 aromatic rings. The molecule has 0 bridgehead atoms. The molecular weight excluding hydrogens is 403 g/mol. The van der Waals surface area contributed by atoms with Crippen molar-refractivity contribution in [3.63, 3.8) is 0 Å². The summed E-state index contributed by atoms with van der Waals surface area (Å²) in [5.41, 5.74) is -1.39. The van der Waals surface area contributed by atoms with E-state index in [1.807, 2.05) is 0 Å². The van der Waals surface area contributed by atoms with Crippen LogP contribution < -0.4 is 0 Å². The summed E-state index contributed by atoms with van der Waals surface area (Å²) in [5.74, 6) is -3.47. The van der Waals surface area contributed by atoms with Gasteiger partial charge in [0.2, 0.25) is 0 Å². The fraction of sp³-hybridized carbons (Fsp3) is 0.412. The van der Waals surface area contributed by atoms with Gasteiger partial charge in [0.1, 0.15) is 0 Å². The lowest BCUT2D eigenvalue weighted by Gasteiger charge is -2.47. The van der Waals surface area contributed by atoms with Crippen LogP contribution in [0.4, 0.5) is 13.2 Å². The van der Waals surface area contributed by atoms with Crippen molar-refractivity contribution in [1.29, 1.82) is 0 Å². The fourth-order valence-corrected chi connectivity index (χ4v) is 3.55. The third kappa shape index (κ3) is 3.44. The van der Waals surface area contributed by atoms with E-state index in [0.717, 1.165) is 7.11 Å². The predicted octanol–water partition coefficient (Wildman–Crippen LogP) is 4.02. The normalized spacial score (nSPS) is 26.4. The van der Waals surface area contributed by atoms with E-state index in [9.17, 15) is 22.8 Å². The van der Waals surface area contributed by atoms with Crippen molar-refractivity contribution in [2.75, 3.05) is 7.11 Å². The number of hydrogen-bond donors (Lipinski definition) is 0. The number of alkyl halides is 3. The maximum absolute atomic E-state index is 13.3. The summed E-state index contributed by atoms with van der Waals surface area (Å²) in [5, 5.41) is 0. The van der Waals surface area contributed by atoms with Gasteiger partial charge in [0.05, 0.1) is 13.2 Å². The van der Waals surface area contributed by atoms with Crippen LogP contribution in [0.3, 0.4) is 0 Å². The molecule has 1 amide bonds. The third-order valence-electron chi connectivity index (χ3n) is 4.28. The zero-order valence-corrected chi connectivity index (χ0v) is 15.4. The van der Waals surface area contributed by atoms with Crippen LogP contribution in [0, 0.1) is 5.92 Å². The first kappa shape index (κ1) is 19.5. The minimum absolute atomic E-state index is 0.442. The molecule has 136 valence electrons. The number of ether oxygens (including phenoxy) is 1. The number of amides is 1. The lowest BCUT2D eigenvalue weighted by molar-refractivity contribution is -0.198.